The molecule has 2 heterocycles. The first-order valence-electron chi connectivity index (χ1n) is 9.69. The van der Waals surface area contributed by atoms with Gasteiger partial charge in [-0.1, -0.05) is 30.3 Å². The normalized spacial score (nSPS) is 10.6. The molecule has 4 rings (SSSR count). The Bertz CT molecular complexity index is 1300. The Kier molecular flexibility index (Phi) is 6.27. The van der Waals surface area contributed by atoms with Crippen molar-refractivity contribution >= 4 is 22.4 Å². The topological polar surface area (TPSA) is 95.3 Å². The molecule has 0 radical (unpaired) electrons. The van der Waals surface area contributed by atoms with Gasteiger partial charge in [-0.15, -0.1) is 11.3 Å². The number of carbonyl (C=O) groups excluding carboxylic acids is 1. The Morgan fingerprint density at radius 3 is 2.62 bits per heavy atom. The maximum atomic E-state index is 12.7. The second-order valence-electron chi connectivity index (χ2n) is 6.76. The van der Waals surface area contributed by atoms with E-state index in [1.54, 1.807) is 20.3 Å². The van der Waals surface area contributed by atoms with E-state index >= 15 is 0 Å². The van der Waals surface area contributed by atoms with Gasteiger partial charge < -0.3 is 9.47 Å². The molecule has 0 aliphatic heterocycles. The number of ether oxygens (including phenoxy) is 2. The molecule has 0 bridgehead atoms. The molecule has 8 nitrogen and oxygen atoms in total. The lowest BCUT2D eigenvalue weighted by atomic mass is 10.1. The molecule has 0 unspecified atom stereocenters. The fourth-order valence-electron chi connectivity index (χ4n) is 3.07. The molecule has 2 aromatic heterocycles. The van der Waals surface area contributed by atoms with Crippen LogP contribution in [-0.2, 0) is 6.54 Å². The van der Waals surface area contributed by atoms with Crippen molar-refractivity contribution in [2.24, 2.45) is 0 Å². The predicted octanol–water partition coefficient (Wildman–Crippen LogP) is 3.68. The van der Waals surface area contributed by atoms with Gasteiger partial charge in [0.25, 0.3) is 11.5 Å². The number of benzene rings is 2. The standard InChI is InChI=1S/C23H20N4O4S/c1-30-16-8-9-17(20(12-16)31-2)19-14-32-23(24-19)25-22(29)18-10-11-21(28)27(26-18)13-15-6-4-3-5-7-15/h3-12,14H,13H2,1-2H3,(H,24,25,29). The molecule has 0 saturated carbocycles. The first-order chi connectivity index (χ1) is 15.6. The summed E-state index contributed by atoms with van der Waals surface area (Å²) in [6, 6.07) is 17.6. The second kappa shape index (κ2) is 9.44. The summed E-state index contributed by atoms with van der Waals surface area (Å²) in [4.78, 5) is 29.4. The number of nitrogens with one attached hydrogen (secondary N) is 1. The number of hydrogen-bond acceptors (Lipinski definition) is 7. The van der Waals surface area contributed by atoms with Gasteiger partial charge in [-0.25, -0.2) is 9.67 Å². The van der Waals surface area contributed by atoms with Crippen LogP contribution in [0.15, 0.2) is 70.8 Å². The average molecular weight is 449 g/mol. The zero-order valence-corrected chi connectivity index (χ0v) is 18.3. The number of anilines is 1. The third-order valence-corrected chi connectivity index (χ3v) is 5.44. The van der Waals surface area contributed by atoms with Gasteiger partial charge in [0.05, 0.1) is 26.5 Å². The zero-order chi connectivity index (χ0) is 22.5. The molecule has 1 N–H and O–H groups in total. The molecular weight excluding hydrogens is 428 g/mol. The number of thiazole rings is 1. The number of hydrogen-bond donors (Lipinski definition) is 1. The minimum Gasteiger partial charge on any atom is -0.497 e. The van der Waals surface area contributed by atoms with Crippen molar-refractivity contribution in [3.63, 3.8) is 0 Å². The minimum absolute atomic E-state index is 0.124. The summed E-state index contributed by atoms with van der Waals surface area (Å²) in [6.45, 7) is 0.277. The summed E-state index contributed by atoms with van der Waals surface area (Å²) >= 11 is 1.28. The van der Waals surface area contributed by atoms with Crippen LogP contribution in [0.1, 0.15) is 16.1 Å². The third-order valence-electron chi connectivity index (χ3n) is 4.68. The Labute approximate surface area is 188 Å². The van der Waals surface area contributed by atoms with E-state index in [4.69, 9.17) is 9.47 Å². The smallest absolute Gasteiger partial charge is 0.277 e. The number of nitrogens with zero attached hydrogens (tertiary/aromatic N) is 3. The zero-order valence-electron chi connectivity index (χ0n) is 17.4. The van der Waals surface area contributed by atoms with Crippen LogP contribution in [0, 0.1) is 0 Å². The molecule has 32 heavy (non-hydrogen) atoms. The highest BCUT2D eigenvalue weighted by Crippen LogP contribution is 2.34. The van der Waals surface area contributed by atoms with Crippen molar-refractivity contribution in [2.75, 3.05) is 19.5 Å². The lowest BCUT2D eigenvalue weighted by Crippen LogP contribution is -2.26. The van der Waals surface area contributed by atoms with Crippen LogP contribution in [0.3, 0.4) is 0 Å². The average Bonchev–Trinajstić information content (AvgIpc) is 3.28. The van der Waals surface area contributed by atoms with Crippen LogP contribution >= 0.6 is 11.3 Å². The Morgan fingerprint density at radius 1 is 1.06 bits per heavy atom. The quantitative estimate of drug-likeness (QED) is 0.463. The van der Waals surface area contributed by atoms with Crippen molar-refractivity contribution in [3.8, 4) is 22.8 Å². The fraction of sp³-hybridized carbons (Fsp3) is 0.130. The van der Waals surface area contributed by atoms with Gasteiger partial charge in [-0.05, 0) is 23.8 Å². The van der Waals surface area contributed by atoms with E-state index in [1.807, 2.05) is 47.8 Å². The van der Waals surface area contributed by atoms with Crippen LogP contribution in [0.25, 0.3) is 11.3 Å². The highest BCUT2D eigenvalue weighted by molar-refractivity contribution is 7.14. The molecular formula is C23H20N4O4S. The van der Waals surface area contributed by atoms with Crippen LogP contribution < -0.4 is 20.3 Å². The first-order valence-corrected chi connectivity index (χ1v) is 10.6. The molecule has 2 aromatic carbocycles. The number of carbonyl (C=O) groups is 1. The lowest BCUT2D eigenvalue weighted by molar-refractivity contribution is 0.102. The molecule has 0 saturated heterocycles. The van der Waals surface area contributed by atoms with Gasteiger partial charge in [-0.3, -0.25) is 14.9 Å². The van der Waals surface area contributed by atoms with E-state index in [0.29, 0.717) is 22.3 Å². The molecule has 162 valence electrons. The van der Waals surface area contributed by atoms with Crippen LogP contribution in [0.4, 0.5) is 5.13 Å². The van der Waals surface area contributed by atoms with Crippen molar-refractivity contribution < 1.29 is 14.3 Å². The SMILES string of the molecule is COc1ccc(-c2csc(NC(=O)c3ccc(=O)n(Cc4ccccc4)n3)n2)c(OC)c1. The highest BCUT2D eigenvalue weighted by atomic mass is 32.1. The summed E-state index contributed by atoms with van der Waals surface area (Å²) in [6.07, 6.45) is 0. The minimum atomic E-state index is -0.450. The summed E-state index contributed by atoms with van der Waals surface area (Å²) < 4.78 is 11.9. The van der Waals surface area contributed by atoms with E-state index in [9.17, 15) is 9.59 Å². The Morgan fingerprint density at radius 2 is 1.88 bits per heavy atom. The number of aromatic nitrogens is 3. The van der Waals surface area contributed by atoms with Gasteiger partial charge in [-0.2, -0.15) is 5.10 Å². The maximum absolute atomic E-state index is 12.7. The Hall–Kier alpha value is -3.98. The van der Waals surface area contributed by atoms with Gasteiger partial charge >= 0.3 is 0 Å². The van der Waals surface area contributed by atoms with E-state index in [1.165, 1.54) is 28.2 Å². The molecule has 4 aromatic rings. The van der Waals surface area contributed by atoms with Crippen molar-refractivity contribution in [3.05, 3.63) is 87.7 Å². The number of methoxy groups -OCH3 is 2. The van der Waals surface area contributed by atoms with Gasteiger partial charge in [0.2, 0.25) is 0 Å². The van der Waals surface area contributed by atoms with Crippen molar-refractivity contribution in [1.82, 2.24) is 14.8 Å². The van der Waals surface area contributed by atoms with E-state index in [2.05, 4.69) is 15.4 Å². The molecule has 0 aliphatic carbocycles. The molecule has 0 aliphatic rings. The van der Waals surface area contributed by atoms with E-state index in [-0.39, 0.29) is 17.8 Å². The van der Waals surface area contributed by atoms with E-state index < -0.39 is 5.91 Å². The molecule has 0 atom stereocenters. The maximum Gasteiger partial charge on any atom is 0.277 e. The lowest BCUT2D eigenvalue weighted by Gasteiger charge is -2.08. The highest BCUT2D eigenvalue weighted by Gasteiger charge is 2.15. The summed E-state index contributed by atoms with van der Waals surface area (Å²) in [5.74, 6) is 0.836. The van der Waals surface area contributed by atoms with Crippen LogP contribution in [0.5, 0.6) is 11.5 Å². The van der Waals surface area contributed by atoms with Gasteiger partial charge in [0.1, 0.15) is 17.2 Å². The Balaban J connectivity index is 1.53. The van der Waals surface area contributed by atoms with Crippen LogP contribution in [0.2, 0.25) is 0 Å². The largest absolute Gasteiger partial charge is 0.497 e. The first kappa shape index (κ1) is 21.3. The van der Waals surface area contributed by atoms with E-state index in [0.717, 1.165) is 11.1 Å². The summed E-state index contributed by atoms with van der Waals surface area (Å²) in [5.41, 5.74) is 2.19. The summed E-state index contributed by atoms with van der Waals surface area (Å²) in [5, 5.41) is 9.19. The number of amides is 1. The van der Waals surface area contributed by atoms with Gasteiger partial charge in [0, 0.05) is 23.1 Å². The van der Waals surface area contributed by atoms with Gasteiger partial charge in [0.15, 0.2) is 5.13 Å². The monoisotopic (exact) mass is 448 g/mol. The fourth-order valence-corrected chi connectivity index (χ4v) is 3.77. The number of rotatable bonds is 7. The summed E-state index contributed by atoms with van der Waals surface area (Å²) in [7, 11) is 3.16. The third kappa shape index (κ3) is 4.68. The molecule has 0 spiro atoms. The second-order valence-corrected chi connectivity index (χ2v) is 7.62. The van der Waals surface area contributed by atoms with Crippen LogP contribution in [-0.4, -0.2) is 34.9 Å². The van der Waals surface area contributed by atoms with Crippen molar-refractivity contribution in [2.45, 2.75) is 6.54 Å². The van der Waals surface area contributed by atoms with Crippen molar-refractivity contribution in [1.29, 1.82) is 0 Å². The molecule has 1 amide bonds. The molecule has 9 heteroatoms. The molecule has 0 fully saturated rings. The predicted molar refractivity (Wildman–Crippen MR) is 123 cm³/mol.